The molecular weight excluding hydrogens is 424 g/mol. The molecule has 0 aromatic carbocycles. The summed E-state index contributed by atoms with van der Waals surface area (Å²) < 4.78 is 9.35. The number of rotatable bonds is 15. The van der Waals surface area contributed by atoms with Crippen LogP contribution < -0.4 is 21.3 Å². The van der Waals surface area contributed by atoms with Crippen molar-refractivity contribution >= 4 is 35.6 Å². The van der Waals surface area contributed by atoms with Gasteiger partial charge in [0.2, 0.25) is 23.6 Å². The highest BCUT2D eigenvalue weighted by Gasteiger charge is 2.24. The van der Waals surface area contributed by atoms with Gasteiger partial charge in [-0.05, 0) is 25.7 Å². The second-order valence-corrected chi connectivity index (χ2v) is 7.18. The van der Waals surface area contributed by atoms with Crippen LogP contribution in [0.3, 0.4) is 0 Å². The van der Waals surface area contributed by atoms with Gasteiger partial charge in [0.25, 0.3) is 0 Å². The predicted molar refractivity (Wildman–Crippen MR) is 113 cm³/mol. The molecule has 0 aliphatic carbocycles. The molecule has 0 saturated carbocycles. The van der Waals surface area contributed by atoms with Crippen LogP contribution >= 0.6 is 0 Å². The van der Waals surface area contributed by atoms with Crippen molar-refractivity contribution in [1.82, 2.24) is 21.3 Å². The maximum atomic E-state index is 12.3. The minimum Gasteiger partial charge on any atom is -0.466 e. The number of amides is 4. The Labute approximate surface area is 187 Å². The summed E-state index contributed by atoms with van der Waals surface area (Å²) in [6.07, 6.45) is 1.36. The first-order valence-corrected chi connectivity index (χ1v) is 10.5. The van der Waals surface area contributed by atoms with Crippen molar-refractivity contribution in [3.63, 3.8) is 0 Å². The number of hydrogen-bond acceptors (Lipinski definition) is 8. The summed E-state index contributed by atoms with van der Waals surface area (Å²) in [6, 6.07) is -0.912. The minimum atomic E-state index is -0.912. The summed E-state index contributed by atoms with van der Waals surface area (Å²) in [6.45, 7) is 5.68. The number of carbonyl (C=O) groups is 6. The number of ether oxygens (including phenoxy) is 2. The van der Waals surface area contributed by atoms with Crippen LogP contribution in [0, 0.1) is 5.92 Å². The molecule has 32 heavy (non-hydrogen) atoms. The normalized spacial score (nSPS) is 11.2. The van der Waals surface area contributed by atoms with Crippen LogP contribution in [0.15, 0.2) is 0 Å². The summed E-state index contributed by atoms with van der Waals surface area (Å²) in [5.41, 5.74) is 0. The molecule has 12 nitrogen and oxygen atoms in total. The Bertz CT molecular complexity index is 666. The van der Waals surface area contributed by atoms with E-state index in [0.29, 0.717) is 19.4 Å². The molecule has 0 heterocycles. The fourth-order valence-electron chi connectivity index (χ4n) is 2.37. The van der Waals surface area contributed by atoms with E-state index in [1.807, 2.05) is 0 Å². The van der Waals surface area contributed by atoms with E-state index in [0.717, 1.165) is 0 Å². The molecule has 4 N–H and O–H groups in total. The average molecular weight is 459 g/mol. The van der Waals surface area contributed by atoms with Crippen LogP contribution in [-0.4, -0.2) is 68.0 Å². The lowest BCUT2D eigenvalue weighted by Crippen LogP contribution is -2.53. The first kappa shape index (κ1) is 28.8. The van der Waals surface area contributed by atoms with Gasteiger partial charge in [-0.15, -0.1) is 0 Å². The van der Waals surface area contributed by atoms with Gasteiger partial charge in [-0.3, -0.25) is 28.8 Å². The van der Waals surface area contributed by atoms with Crippen LogP contribution in [0.2, 0.25) is 0 Å². The third kappa shape index (κ3) is 14.7. The number of nitrogens with one attached hydrogen (secondary N) is 4. The van der Waals surface area contributed by atoms with E-state index in [2.05, 4.69) is 26.0 Å². The number of hydrogen-bond donors (Lipinski definition) is 4. The highest BCUT2D eigenvalue weighted by Crippen LogP contribution is 2.03. The maximum absolute atomic E-state index is 12.3. The van der Waals surface area contributed by atoms with Gasteiger partial charge < -0.3 is 30.7 Å². The molecule has 0 aromatic rings. The second kappa shape index (κ2) is 16.5. The Morgan fingerprint density at radius 2 is 1.41 bits per heavy atom. The van der Waals surface area contributed by atoms with Crippen molar-refractivity contribution in [1.29, 1.82) is 0 Å². The first-order chi connectivity index (χ1) is 15.1. The van der Waals surface area contributed by atoms with E-state index in [1.165, 1.54) is 6.92 Å². The molecule has 0 aliphatic heterocycles. The zero-order valence-electron chi connectivity index (χ0n) is 19.1. The summed E-state index contributed by atoms with van der Waals surface area (Å²) in [5.74, 6) is -3.18. The van der Waals surface area contributed by atoms with Crippen LogP contribution in [0.4, 0.5) is 0 Å². The Balaban J connectivity index is 4.26. The molecule has 1 atom stereocenters. The molecule has 0 rings (SSSR count). The van der Waals surface area contributed by atoms with E-state index >= 15 is 0 Å². The van der Waals surface area contributed by atoms with Crippen molar-refractivity contribution < 1.29 is 38.2 Å². The number of esters is 2. The van der Waals surface area contributed by atoms with Gasteiger partial charge in [0.05, 0.1) is 19.7 Å². The molecule has 0 fully saturated rings. The summed E-state index contributed by atoms with van der Waals surface area (Å²) in [5, 5.41) is 9.66. The Hall–Kier alpha value is -3.18. The van der Waals surface area contributed by atoms with E-state index in [1.54, 1.807) is 20.8 Å². The smallest absolute Gasteiger partial charge is 0.305 e. The Morgan fingerprint density at radius 1 is 0.781 bits per heavy atom. The van der Waals surface area contributed by atoms with Crippen molar-refractivity contribution in [3.8, 4) is 0 Å². The van der Waals surface area contributed by atoms with Crippen molar-refractivity contribution in [2.24, 2.45) is 5.92 Å². The molecule has 4 amide bonds. The molecule has 0 spiro atoms. The SMILES string of the molecule is CCOC(=O)CCCCC(=O)NCC(=O)N[C@H](C(=O)NCC(=O)NCOC(C)=O)C(C)C. The van der Waals surface area contributed by atoms with Crippen LogP contribution in [0.25, 0.3) is 0 Å². The molecule has 0 unspecified atom stereocenters. The van der Waals surface area contributed by atoms with Gasteiger partial charge in [-0.2, -0.15) is 0 Å². The largest absolute Gasteiger partial charge is 0.466 e. The lowest BCUT2D eigenvalue weighted by molar-refractivity contribution is -0.144. The van der Waals surface area contributed by atoms with Crippen molar-refractivity contribution in [2.45, 2.75) is 59.4 Å². The van der Waals surface area contributed by atoms with E-state index in [4.69, 9.17) is 4.74 Å². The van der Waals surface area contributed by atoms with Crippen LogP contribution in [0.5, 0.6) is 0 Å². The van der Waals surface area contributed by atoms with Crippen molar-refractivity contribution in [3.05, 3.63) is 0 Å². The monoisotopic (exact) mass is 458 g/mol. The van der Waals surface area contributed by atoms with Crippen LogP contribution in [-0.2, 0) is 38.2 Å². The van der Waals surface area contributed by atoms with Crippen LogP contribution in [0.1, 0.15) is 53.4 Å². The average Bonchev–Trinajstić information content (AvgIpc) is 2.71. The van der Waals surface area contributed by atoms with Gasteiger partial charge in [0.15, 0.2) is 6.73 Å². The molecule has 0 aromatic heterocycles. The molecular formula is C20H34N4O8. The van der Waals surface area contributed by atoms with Gasteiger partial charge in [-0.25, -0.2) is 0 Å². The van der Waals surface area contributed by atoms with Gasteiger partial charge in [0.1, 0.15) is 6.04 Å². The molecule has 0 aliphatic rings. The van der Waals surface area contributed by atoms with E-state index < -0.39 is 29.7 Å². The summed E-state index contributed by atoms with van der Waals surface area (Å²) in [7, 11) is 0. The lowest BCUT2D eigenvalue weighted by atomic mass is 10.0. The summed E-state index contributed by atoms with van der Waals surface area (Å²) >= 11 is 0. The van der Waals surface area contributed by atoms with E-state index in [-0.39, 0.29) is 50.5 Å². The third-order valence-corrected chi connectivity index (χ3v) is 4.02. The fraction of sp³-hybridized carbons (Fsp3) is 0.700. The second-order valence-electron chi connectivity index (χ2n) is 7.18. The number of unbranched alkanes of at least 4 members (excludes halogenated alkanes) is 1. The first-order valence-electron chi connectivity index (χ1n) is 10.5. The van der Waals surface area contributed by atoms with Gasteiger partial charge in [-0.1, -0.05) is 13.8 Å². The molecule has 0 saturated heterocycles. The quantitative estimate of drug-likeness (QED) is 0.139. The van der Waals surface area contributed by atoms with E-state index in [9.17, 15) is 28.8 Å². The zero-order chi connectivity index (χ0) is 24.5. The third-order valence-electron chi connectivity index (χ3n) is 4.02. The predicted octanol–water partition coefficient (Wildman–Crippen LogP) is -0.880. The van der Waals surface area contributed by atoms with Gasteiger partial charge >= 0.3 is 11.9 Å². The number of carbonyl (C=O) groups excluding carboxylic acids is 6. The molecule has 0 radical (unpaired) electrons. The molecule has 12 heteroatoms. The standard InChI is InChI=1S/C20H34N4O8/c1-5-31-18(29)9-7-6-8-15(26)21-11-17(28)24-19(13(2)3)20(30)22-10-16(27)23-12-32-14(4)25/h13,19H,5-12H2,1-4H3,(H,21,26)(H,22,30)(H,23,27)(H,24,28)/t19-/m0/s1. The topological polar surface area (TPSA) is 169 Å². The zero-order valence-corrected chi connectivity index (χ0v) is 19.1. The Kier molecular flexibility index (Phi) is 14.9. The molecule has 0 bridgehead atoms. The molecule has 182 valence electrons. The maximum Gasteiger partial charge on any atom is 0.305 e. The minimum absolute atomic E-state index is 0.156. The fourth-order valence-corrected chi connectivity index (χ4v) is 2.37. The van der Waals surface area contributed by atoms with Gasteiger partial charge in [0, 0.05) is 19.8 Å². The highest BCUT2D eigenvalue weighted by atomic mass is 16.5. The Morgan fingerprint density at radius 3 is 2.00 bits per heavy atom. The highest BCUT2D eigenvalue weighted by molar-refractivity contribution is 5.92. The summed E-state index contributed by atoms with van der Waals surface area (Å²) in [4.78, 5) is 69.7. The lowest BCUT2D eigenvalue weighted by Gasteiger charge is -2.21. The van der Waals surface area contributed by atoms with Crippen molar-refractivity contribution in [2.75, 3.05) is 26.4 Å².